The van der Waals surface area contributed by atoms with E-state index in [0.29, 0.717) is 30.7 Å². The number of rotatable bonds is 2. The average molecular weight is 314 g/mol. The van der Waals surface area contributed by atoms with E-state index >= 15 is 0 Å². The number of likely N-dealkylation sites (tertiary alicyclic amines) is 1. The molecule has 1 aliphatic heterocycles. The Kier molecular flexibility index (Phi) is 3.11. The van der Waals surface area contributed by atoms with Crippen LogP contribution in [0.5, 0.6) is 0 Å². The van der Waals surface area contributed by atoms with Crippen molar-refractivity contribution in [1.29, 1.82) is 0 Å². The quantitative estimate of drug-likeness (QED) is 0.901. The van der Waals surface area contributed by atoms with Crippen molar-refractivity contribution < 1.29 is 9.32 Å². The van der Waals surface area contributed by atoms with Crippen molar-refractivity contribution in [1.82, 2.24) is 20.0 Å². The Bertz CT molecular complexity index is 811. The molecule has 0 aromatic carbocycles. The van der Waals surface area contributed by atoms with Gasteiger partial charge in [0, 0.05) is 19.3 Å². The lowest BCUT2D eigenvalue weighted by molar-refractivity contribution is 0.0773. The summed E-state index contributed by atoms with van der Waals surface area (Å²) < 4.78 is 5.44. The number of aryl methyl sites for hydroxylation is 1. The monoisotopic (exact) mass is 314 g/mol. The molecule has 1 amide bonds. The van der Waals surface area contributed by atoms with Gasteiger partial charge in [-0.15, -0.1) is 0 Å². The molecule has 0 radical (unpaired) electrons. The number of fused-ring (bicyclic) bond motifs is 1. The van der Waals surface area contributed by atoms with Gasteiger partial charge in [0.15, 0.2) is 5.82 Å². The Morgan fingerprint density at radius 2 is 2.39 bits per heavy atom. The van der Waals surface area contributed by atoms with Crippen LogP contribution in [0.3, 0.4) is 0 Å². The topological polar surface area (TPSA) is 92.1 Å². The van der Waals surface area contributed by atoms with Gasteiger partial charge in [-0.1, -0.05) is 11.6 Å². The van der Waals surface area contributed by atoms with E-state index in [1.54, 1.807) is 24.0 Å². The number of H-pyrrole nitrogens is 1. The van der Waals surface area contributed by atoms with Crippen LogP contribution >= 0.6 is 0 Å². The minimum absolute atomic E-state index is 0.185. The molecule has 2 aromatic rings. The smallest absolute Gasteiger partial charge is 0.260 e. The molecule has 2 aromatic heterocycles. The van der Waals surface area contributed by atoms with E-state index in [0.717, 1.165) is 19.3 Å². The van der Waals surface area contributed by atoms with Crippen molar-refractivity contribution in [2.24, 2.45) is 5.92 Å². The van der Waals surface area contributed by atoms with E-state index in [-0.39, 0.29) is 22.4 Å². The molecular weight excluding hydrogens is 296 g/mol. The summed E-state index contributed by atoms with van der Waals surface area (Å²) in [6, 6.07) is 3.24. The molecule has 2 fully saturated rings. The first-order valence-corrected chi connectivity index (χ1v) is 7.88. The van der Waals surface area contributed by atoms with Crippen molar-refractivity contribution >= 4 is 5.91 Å². The van der Waals surface area contributed by atoms with Crippen LogP contribution in [0.4, 0.5) is 0 Å². The number of aromatic amines is 1. The van der Waals surface area contributed by atoms with Gasteiger partial charge in [-0.05, 0) is 37.8 Å². The molecule has 120 valence electrons. The minimum Gasteiger partial charge on any atom is -0.339 e. The Balaban J connectivity index is 1.66. The van der Waals surface area contributed by atoms with Gasteiger partial charge >= 0.3 is 0 Å². The maximum Gasteiger partial charge on any atom is 0.260 e. The Hall–Kier alpha value is -2.44. The zero-order valence-electron chi connectivity index (χ0n) is 12.9. The maximum atomic E-state index is 12.7. The number of aromatic nitrogens is 3. The lowest BCUT2D eigenvalue weighted by Crippen LogP contribution is -2.36. The second-order valence-electron chi connectivity index (χ2n) is 6.49. The number of hydrogen-bond acceptors (Lipinski definition) is 5. The fraction of sp³-hybridized carbons (Fsp3) is 0.500. The number of hydrogen-bond donors (Lipinski definition) is 1. The van der Waals surface area contributed by atoms with Gasteiger partial charge in [0.25, 0.3) is 11.5 Å². The van der Waals surface area contributed by atoms with E-state index in [4.69, 9.17) is 4.52 Å². The summed E-state index contributed by atoms with van der Waals surface area (Å²) in [4.78, 5) is 33.3. The second-order valence-corrected chi connectivity index (χ2v) is 6.49. The van der Waals surface area contributed by atoms with Crippen LogP contribution in [-0.2, 0) is 5.41 Å². The molecule has 3 heterocycles. The van der Waals surface area contributed by atoms with Crippen LogP contribution in [0, 0.1) is 12.8 Å². The molecule has 7 nitrogen and oxygen atoms in total. The molecule has 1 N–H and O–H groups in total. The molecule has 0 unspecified atom stereocenters. The number of carbonyl (C=O) groups is 1. The summed E-state index contributed by atoms with van der Waals surface area (Å²) in [6.45, 7) is 2.97. The normalized spacial score (nSPS) is 26.5. The van der Waals surface area contributed by atoms with E-state index in [9.17, 15) is 9.59 Å². The standard InChI is InChI=1S/C16H18N4O3/c1-10-18-15(23-19-10)16-6-2-4-11(16)8-20(9-16)14(22)12-5-3-7-17-13(12)21/h3,5,7,11H,2,4,6,8-9H2,1H3,(H,17,21)/t11-,16-/m0/s1. The Labute approximate surface area is 132 Å². The molecule has 2 aliphatic rings. The fourth-order valence-electron chi connectivity index (χ4n) is 4.05. The SMILES string of the molecule is Cc1noc([C@]23CCC[C@H]2CN(C(=O)c2ccc[nH]c2=O)C3)n1. The number of carbonyl (C=O) groups excluding carboxylic acids is 1. The molecule has 1 aliphatic carbocycles. The number of pyridine rings is 1. The first-order chi connectivity index (χ1) is 11.1. The lowest BCUT2D eigenvalue weighted by Gasteiger charge is -2.24. The van der Waals surface area contributed by atoms with E-state index in [1.807, 2.05) is 0 Å². The Morgan fingerprint density at radius 3 is 3.13 bits per heavy atom. The summed E-state index contributed by atoms with van der Waals surface area (Å²) in [6.07, 6.45) is 4.60. The highest BCUT2D eigenvalue weighted by atomic mass is 16.5. The number of nitrogens with zero attached hydrogens (tertiary/aromatic N) is 3. The van der Waals surface area contributed by atoms with Gasteiger partial charge in [-0.2, -0.15) is 4.98 Å². The molecule has 0 spiro atoms. The summed E-state index contributed by atoms with van der Waals surface area (Å²) in [7, 11) is 0. The third-order valence-corrected chi connectivity index (χ3v) is 5.16. The minimum atomic E-state index is -0.350. The fourth-order valence-corrected chi connectivity index (χ4v) is 4.05. The van der Waals surface area contributed by atoms with Gasteiger partial charge in [0.05, 0.1) is 5.41 Å². The highest BCUT2D eigenvalue weighted by Gasteiger charge is 2.55. The molecule has 2 atom stereocenters. The van der Waals surface area contributed by atoms with Crippen LogP contribution in [0.1, 0.15) is 41.3 Å². The Morgan fingerprint density at radius 1 is 1.52 bits per heavy atom. The van der Waals surface area contributed by atoms with Gasteiger partial charge in [-0.25, -0.2) is 0 Å². The third-order valence-electron chi connectivity index (χ3n) is 5.16. The van der Waals surface area contributed by atoms with Crippen molar-refractivity contribution in [3.63, 3.8) is 0 Å². The average Bonchev–Trinajstić information content (AvgIpc) is 3.20. The van der Waals surface area contributed by atoms with E-state index < -0.39 is 0 Å². The van der Waals surface area contributed by atoms with E-state index in [2.05, 4.69) is 15.1 Å². The third kappa shape index (κ3) is 2.10. The van der Waals surface area contributed by atoms with Gasteiger partial charge in [0.2, 0.25) is 5.89 Å². The van der Waals surface area contributed by atoms with Crippen molar-refractivity contribution in [2.75, 3.05) is 13.1 Å². The van der Waals surface area contributed by atoms with Gasteiger partial charge in [-0.3, -0.25) is 9.59 Å². The molecule has 0 bridgehead atoms. The molecule has 1 saturated carbocycles. The van der Waals surface area contributed by atoms with Gasteiger partial charge < -0.3 is 14.4 Å². The largest absolute Gasteiger partial charge is 0.339 e. The van der Waals surface area contributed by atoms with Gasteiger partial charge in [0.1, 0.15) is 5.56 Å². The first kappa shape index (κ1) is 14.2. The lowest BCUT2D eigenvalue weighted by atomic mass is 9.80. The summed E-state index contributed by atoms with van der Waals surface area (Å²) in [5.74, 6) is 1.34. The van der Waals surface area contributed by atoms with E-state index in [1.165, 1.54) is 6.20 Å². The molecule has 23 heavy (non-hydrogen) atoms. The van der Waals surface area contributed by atoms with Crippen LogP contribution in [0.25, 0.3) is 0 Å². The predicted molar refractivity (Wildman–Crippen MR) is 81.0 cm³/mol. The molecule has 7 heteroatoms. The van der Waals surface area contributed by atoms with Crippen LogP contribution < -0.4 is 5.56 Å². The molecule has 1 saturated heterocycles. The summed E-state index contributed by atoms with van der Waals surface area (Å²) in [5.41, 5.74) is -0.417. The van der Waals surface area contributed by atoms with Crippen molar-refractivity contribution in [2.45, 2.75) is 31.6 Å². The molecule has 4 rings (SSSR count). The highest BCUT2D eigenvalue weighted by molar-refractivity contribution is 5.94. The van der Waals surface area contributed by atoms with Crippen LogP contribution in [0.15, 0.2) is 27.6 Å². The van der Waals surface area contributed by atoms with Crippen molar-refractivity contribution in [3.05, 3.63) is 46.0 Å². The zero-order chi connectivity index (χ0) is 16.0. The zero-order valence-corrected chi connectivity index (χ0v) is 12.9. The van der Waals surface area contributed by atoms with Crippen molar-refractivity contribution in [3.8, 4) is 0 Å². The predicted octanol–water partition coefficient (Wildman–Crippen LogP) is 1.26. The molecular formula is C16H18N4O3. The summed E-state index contributed by atoms with van der Waals surface area (Å²) >= 11 is 0. The highest BCUT2D eigenvalue weighted by Crippen LogP contribution is 2.50. The number of amides is 1. The van der Waals surface area contributed by atoms with Crippen LogP contribution in [0.2, 0.25) is 0 Å². The maximum absolute atomic E-state index is 12.7. The second kappa shape index (κ2) is 5.04. The number of nitrogens with one attached hydrogen (secondary N) is 1. The van der Waals surface area contributed by atoms with Crippen LogP contribution in [-0.4, -0.2) is 39.0 Å². The summed E-state index contributed by atoms with van der Waals surface area (Å²) in [5, 5.41) is 3.91. The first-order valence-electron chi connectivity index (χ1n) is 7.88.